The van der Waals surface area contributed by atoms with E-state index in [1.54, 1.807) is 7.11 Å². The Labute approximate surface area is 93.0 Å². The number of rotatable bonds is 5. The average Bonchev–Trinajstić information content (AvgIpc) is 2.26. The molecule has 0 spiro atoms. The number of alkyl halides is 1. The third-order valence-electron chi connectivity index (χ3n) is 1.85. The van der Waals surface area contributed by atoms with Crippen LogP contribution in [0.15, 0.2) is 18.2 Å². The van der Waals surface area contributed by atoms with Crippen molar-refractivity contribution in [3.63, 3.8) is 0 Å². The molecule has 0 bridgehead atoms. The van der Waals surface area contributed by atoms with Crippen LogP contribution in [0.3, 0.4) is 0 Å². The summed E-state index contributed by atoms with van der Waals surface area (Å²) in [5, 5.41) is 4.28. The molecule has 78 valence electrons. The molecular formula is C10H15BrN2O. The smallest absolute Gasteiger partial charge is 0.213 e. The highest BCUT2D eigenvalue weighted by Crippen LogP contribution is 2.06. The first-order valence-electron chi connectivity index (χ1n) is 4.55. The molecule has 0 aliphatic rings. The van der Waals surface area contributed by atoms with E-state index in [0.717, 1.165) is 17.6 Å². The van der Waals surface area contributed by atoms with Crippen LogP contribution < -0.4 is 10.1 Å². The molecule has 4 heteroatoms. The lowest BCUT2D eigenvalue weighted by molar-refractivity contribution is 0.395. The predicted octanol–water partition coefficient (Wildman–Crippen LogP) is 1.96. The maximum absolute atomic E-state index is 5.04. The number of hydrogen-bond donors (Lipinski definition) is 1. The Morgan fingerprint density at radius 1 is 1.57 bits per heavy atom. The number of halogens is 1. The van der Waals surface area contributed by atoms with Gasteiger partial charge >= 0.3 is 0 Å². The van der Waals surface area contributed by atoms with Gasteiger partial charge in [-0.25, -0.2) is 4.98 Å². The summed E-state index contributed by atoms with van der Waals surface area (Å²) in [4.78, 5) is 4.30. The predicted molar refractivity (Wildman–Crippen MR) is 60.9 cm³/mol. The Kier molecular flexibility index (Phi) is 4.90. The summed E-state index contributed by atoms with van der Waals surface area (Å²) < 4.78 is 5.04. The zero-order valence-corrected chi connectivity index (χ0v) is 10.0. The second-order valence-corrected chi connectivity index (χ2v) is 3.76. The number of ether oxygens (including phenoxy) is 1. The topological polar surface area (TPSA) is 34.1 Å². The molecule has 0 saturated heterocycles. The zero-order valence-electron chi connectivity index (χ0n) is 8.46. The molecule has 3 nitrogen and oxygen atoms in total. The first-order chi connectivity index (χ1) is 6.76. The third kappa shape index (κ3) is 3.64. The van der Waals surface area contributed by atoms with Gasteiger partial charge in [-0.3, -0.25) is 0 Å². The van der Waals surface area contributed by atoms with E-state index in [0.29, 0.717) is 11.9 Å². The molecule has 1 unspecified atom stereocenters. The van der Waals surface area contributed by atoms with Crippen molar-refractivity contribution in [2.75, 3.05) is 12.4 Å². The second-order valence-electron chi connectivity index (χ2n) is 3.11. The molecule has 1 rings (SSSR count). The number of methoxy groups -OCH3 is 1. The lowest BCUT2D eigenvalue weighted by Gasteiger charge is -2.10. The van der Waals surface area contributed by atoms with Gasteiger partial charge in [-0.05, 0) is 13.0 Å². The largest absolute Gasteiger partial charge is 0.481 e. The van der Waals surface area contributed by atoms with E-state index in [1.165, 1.54) is 0 Å². The van der Waals surface area contributed by atoms with Crippen molar-refractivity contribution in [1.82, 2.24) is 10.3 Å². The zero-order chi connectivity index (χ0) is 10.4. The Morgan fingerprint density at radius 3 is 3.00 bits per heavy atom. The number of aromatic nitrogens is 1. The fourth-order valence-electron chi connectivity index (χ4n) is 1.00. The van der Waals surface area contributed by atoms with Gasteiger partial charge < -0.3 is 10.1 Å². The van der Waals surface area contributed by atoms with Crippen LogP contribution in [0.1, 0.15) is 12.6 Å². The highest BCUT2D eigenvalue weighted by atomic mass is 79.9. The molecule has 14 heavy (non-hydrogen) atoms. The molecule has 1 N–H and O–H groups in total. The van der Waals surface area contributed by atoms with E-state index in [-0.39, 0.29) is 0 Å². The van der Waals surface area contributed by atoms with E-state index < -0.39 is 0 Å². The maximum atomic E-state index is 5.04. The van der Waals surface area contributed by atoms with Crippen LogP contribution in [0, 0.1) is 0 Å². The van der Waals surface area contributed by atoms with Gasteiger partial charge in [0, 0.05) is 24.0 Å². The van der Waals surface area contributed by atoms with Crippen LogP contribution in [0.4, 0.5) is 0 Å². The fourth-order valence-corrected chi connectivity index (χ4v) is 1.23. The van der Waals surface area contributed by atoms with E-state index in [9.17, 15) is 0 Å². The van der Waals surface area contributed by atoms with Crippen molar-refractivity contribution in [3.05, 3.63) is 23.9 Å². The Morgan fingerprint density at radius 2 is 2.36 bits per heavy atom. The van der Waals surface area contributed by atoms with Gasteiger partial charge in [0.2, 0.25) is 5.88 Å². The number of hydrogen-bond acceptors (Lipinski definition) is 3. The van der Waals surface area contributed by atoms with E-state index in [2.05, 4.69) is 33.2 Å². The molecule has 0 radical (unpaired) electrons. The first kappa shape index (κ1) is 11.5. The first-order valence-corrected chi connectivity index (χ1v) is 5.67. The monoisotopic (exact) mass is 258 g/mol. The van der Waals surface area contributed by atoms with Gasteiger partial charge in [0.25, 0.3) is 0 Å². The SMILES string of the molecule is COc1cccc(CNC(C)CBr)n1. The third-order valence-corrected chi connectivity index (χ3v) is 2.82. The van der Waals surface area contributed by atoms with Gasteiger partial charge in [-0.15, -0.1) is 0 Å². The molecule has 0 aliphatic carbocycles. The number of nitrogens with zero attached hydrogens (tertiary/aromatic N) is 1. The minimum absolute atomic E-state index is 0.447. The van der Waals surface area contributed by atoms with Gasteiger partial charge in [0.1, 0.15) is 0 Å². The number of pyridine rings is 1. The highest BCUT2D eigenvalue weighted by molar-refractivity contribution is 9.09. The van der Waals surface area contributed by atoms with E-state index >= 15 is 0 Å². The van der Waals surface area contributed by atoms with Crippen LogP contribution >= 0.6 is 15.9 Å². The fraction of sp³-hybridized carbons (Fsp3) is 0.500. The normalized spacial score (nSPS) is 12.5. The standard InChI is InChI=1S/C10H15BrN2O/c1-8(6-11)12-7-9-4-3-5-10(13-9)14-2/h3-5,8,12H,6-7H2,1-2H3. The molecule has 1 atom stereocenters. The minimum atomic E-state index is 0.447. The molecule has 1 aromatic rings. The summed E-state index contributed by atoms with van der Waals surface area (Å²) in [6, 6.07) is 6.22. The van der Waals surface area contributed by atoms with Gasteiger partial charge in [0.15, 0.2) is 0 Å². The van der Waals surface area contributed by atoms with E-state index in [4.69, 9.17) is 4.74 Å². The minimum Gasteiger partial charge on any atom is -0.481 e. The van der Waals surface area contributed by atoms with Gasteiger partial charge in [-0.2, -0.15) is 0 Å². The summed E-state index contributed by atoms with van der Waals surface area (Å²) >= 11 is 3.41. The molecule has 0 aliphatic heterocycles. The van der Waals surface area contributed by atoms with Crippen LogP contribution in [-0.2, 0) is 6.54 Å². The van der Waals surface area contributed by atoms with Crippen molar-refractivity contribution in [2.24, 2.45) is 0 Å². The summed E-state index contributed by atoms with van der Waals surface area (Å²) in [5.41, 5.74) is 0.997. The van der Waals surface area contributed by atoms with E-state index in [1.807, 2.05) is 18.2 Å². The Bertz CT molecular complexity index is 281. The summed E-state index contributed by atoms with van der Waals surface area (Å²) in [6.07, 6.45) is 0. The lowest BCUT2D eigenvalue weighted by atomic mass is 10.3. The maximum Gasteiger partial charge on any atom is 0.213 e. The van der Waals surface area contributed by atoms with Gasteiger partial charge in [-0.1, -0.05) is 22.0 Å². The average molecular weight is 259 g/mol. The van der Waals surface area contributed by atoms with Crippen molar-refractivity contribution < 1.29 is 4.74 Å². The summed E-state index contributed by atoms with van der Waals surface area (Å²) in [7, 11) is 1.63. The molecule has 1 heterocycles. The molecule has 1 aromatic heterocycles. The van der Waals surface area contributed by atoms with Crippen LogP contribution in [0.5, 0.6) is 5.88 Å². The van der Waals surface area contributed by atoms with Crippen molar-refractivity contribution >= 4 is 15.9 Å². The summed E-state index contributed by atoms with van der Waals surface area (Å²) in [6.45, 7) is 2.89. The highest BCUT2D eigenvalue weighted by Gasteiger charge is 2.00. The molecule has 0 saturated carbocycles. The van der Waals surface area contributed by atoms with Crippen LogP contribution in [0.25, 0.3) is 0 Å². The van der Waals surface area contributed by atoms with Crippen molar-refractivity contribution in [1.29, 1.82) is 0 Å². The lowest BCUT2D eigenvalue weighted by Crippen LogP contribution is -2.26. The van der Waals surface area contributed by atoms with Crippen molar-refractivity contribution in [3.8, 4) is 5.88 Å². The Balaban J connectivity index is 2.50. The quantitative estimate of drug-likeness (QED) is 0.821. The van der Waals surface area contributed by atoms with Crippen LogP contribution in [-0.4, -0.2) is 23.5 Å². The Hall–Kier alpha value is -0.610. The molecule has 0 amide bonds. The van der Waals surface area contributed by atoms with Crippen molar-refractivity contribution in [2.45, 2.75) is 19.5 Å². The molecule has 0 fully saturated rings. The molecular weight excluding hydrogens is 244 g/mol. The molecule has 0 aromatic carbocycles. The van der Waals surface area contributed by atoms with Gasteiger partial charge in [0.05, 0.1) is 12.8 Å². The second kappa shape index (κ2) is 5.98. The summed E-state index contributed by atoms with van der Waals surface area (Å²) in [5.74, 6) is 0.663. The number of nitrogens with one attached hydrogen (secondary N) is 1. The van der Waals surface area contributed by atoms with Crippen LogP contribution in [0.2, 0.25) is 0 Å².